The highest BCUT2D eigenvalue weighted by molar-refractivity contribution is 7.99. The number of rotatable bonds is 4. The fraction of sp³-hybridized carbons (Fsp3) is 0.538. The van der Waals surface area contributed by atoms with Crippen LogP contribution < -0.4 is 5.56 Å². The Balaban J connectivity index is 1.97. The second kappa shape index (κ2) is 5.18. The largest absolute Gasteiger partial charge is 0.480 e. The third kappa shape index (κ3) is 2.44. The molecular weight excluding hydrogens is 294 g/mol. The number of aliphatic carboxylic acids is 1. The summed E-state index contributed by atoms with van der Waals surface area (Å²) >= 11 is 1.47. The molecule has 1 saturated carbocycles. The molecule has 8 heteroatoms. The van der Waals surface area contributed by atoms with E-state index in [9.17, 15) is 14.4 Å². The van der Waals surface area contributed by atoms with E-state index in [-0.39, 0.29) is 17.2 Å². The fourth-order valence-electron chi connectivity index (χ4n) is 2.43. The molecule has 0 spiro atoms. The van der Waals surface area contributed by atoms with Gasteiger partial charge in [-0.1, -0.05) is 11.8 Å². The highest BCUT2D eigenvalue weighted by Crippen LogP contribution is 2.30. The van der Waals surface area contributed by atoms with Gasteiger partial charge in [-0.15, -0.1) is 0 Å². The monoisotopic (exact) mass is 309 g/mol. The maximum atomic E-state index is 12.6. The molecule has 1 fully saturated rings. The SMILES string of the molecule is CC(C(=O)O)N(C(=O)c1cnc2n(c1=O)CCS2)C1CC1. The minimum Gasteiger partial charge on any atom is -0.480 e. The Bertz CT molecular complexity index is 668. The van der Waals surface area contributed by atoms with Gasteiger partial charge >= 0.3 is 5.97 Å². The quantitative estimate of drug-likeness (QED) is 0.811. The van der Waals surface area contributed by atoms with Crippen molar-refractivity contribution in [2.75, 3.05) is 5.75 Å². The van der Waals surface area contributed by atoms with Crippen molar-refractivity contribution in [1.29, 1.82) is 0 Å². The highest BCUT2D eigenvalue weighted by atomic mass is 32.2. The van der Waals surface area contributed by atoms with Crippen LogP contribution >= 0.6 is 11.8 Å². The lowest BCUT2D eigenvalue weighted by Crippen LogP contribution is -2.46. The summed E-state index contributed by atoms with van der Waals surface area (Å²) in [6, 6.07) is -1.03. The van der Waals surface area contributed by atoms with Crippen LogP contribution in [-0.4, -0.2) is 49.3 Å². The van der Waals surface area contributed by atoms with Crippen LogP contribution in [0.1, 0.15) is 30.1 Å². The molecule has 3 rings (SSSR count). The first-order chi connectivity index (χ1) is 10.0. The summed E-state index contributed by atoms with van der Waals surface area (Å²) in [5, 5.41) is 9.76. The lowest BCUT2D eigenvalue weighted by atomic mass is 10.2. The van der Waals surface area contributed by atoms with E-state index < -0.39 is 17.9 Å². The number of nitrogens with zero attached hydrogens (tertiary/aromatic N) is 3. The molecule has 0 radical (unpaired) electrons. The zero-order chi connectivity index (χ0) is 15.1. The van der Waals surface area contributed by atoms with Crippen molar-refractivity contribution in [2.24, 2.45) is 0 Å². The number of carbonyl (C=O) groups is 2. The summed E-state index contributed by atoms with van der Waals surface area (Å²) < 4.78 is 1.48. The van der Waals surface area contributed by atoms with Crippen molar-refractivity contribution in [1.82, 2.24) is 14.5 Å². The third-order valence-electron chi connectivity index (χ3n) is 3.74. The number of amides is 1. The summed E-state index contributed by atoms with van der Waals surface area (Å²) in [7, 11) is 0. The summed E-state index contributed by atoms with van der Waals surface area (Å²) in [4.78, 5) is 41.6. The minimum absolute atomic E-state index is 0.0405. The maximum absolute atomic E-state index is 12.6. The van der Waals surface area contributed by atoms with E-state index in [1.807, 2.05) is 0 Å². The number of aromatic nitrogens is 2. The predicted octanol–water partition coefficient (Wildman–Crippen LogP) is 0.427. The Morgan fingerprint density at radius 2 is 2.24 bits per heavy atom. The van der Waals surface area contributed by atoms with Gasteiger partial charge in [-0.2, -0.15) is 0 Å². The van der Waals surface area contributed by atoms with Gasteiger partial charge in [0.25, 0.3) is 11.5 Å². The molecule has 1 unspecified atom stereocenters. The van der Waals surface area contributed by atoms with Crippen LogP contribution in [0.15, 0.2) is 16.1 Å². The minimum atomic E-state index is -1.07. The molecule has 1 aliphatic carbocycles. The van der Waals surface area contributed by atoms with E-state index >= 15 is 0 Å². The number of carboxylic acids is 1. The predicted molar refractivity (Wildman–Crippen MR) is 75.5 cm³/mol. The first kappa shape index (κ1) is 14.1. The van der Waals surface area contributed by atoms with Crippen LogP contribution in [0.5, 0.6) is 0 Å². The molecule has 2 heterocycles. The van der Waals surface area contributed by atoms with Crippen LogP contribution in [0.2, 0.25) is 0 Å². The molecule has 0 bridgehead atoms. The Labute approximate surface area is 125 Å². The Morgan fingerprint density at radius 1 is 1.52 bits per heavy atom. The molecular formula is C13H15N3O4S. The lowest BCUT2D eigenvalue weighted by molar-refractivity contribution is -0.141. The second-order valence-electron chi connectivity index (χ2n) is 5.22. The van der Waals surface area contributed by atoms with Gasteiger partial charge < -0.3 is 10.0 Å². The molecule has 21 heavy (non-hydrogen) atoms. The van der Waals surface area contributed by atoms with Gasteiger partial charge in [0.1, 0.15) is 11.6 Å². The van der Waals surface area contributed by atoms with E-state index in [4.69, 9.17) is 5.11 Å². The van der Waals surface area contributed by atoms with Gasteiger partial charge in [-0.25, -0.2) is 9.78 Å². The molecule has 1 atom stereocenters. The van der Waals surface area contributed by atoms with E-state index in [1.54, 1.807) is 0 Å². The summed E-state index contributed by atoms with van der Waals surface area (Å²) in [5.74, 6) is -0.838. The number of fused-ring (bicyclic) bond motifs is 1. The van der Waals surface area contributed by atoms with Crippen molar-refractivity contribution in [2.45, 2.75) is 43.6 Å². The average molecular weight is 309 g/mol. The van der Waals surface area contributed by atoms with E-state index in [0.29, 0.717) is 11.7 Å². The van der Waals surface area contributed by atoms with Gasteiger partial charge in [-0.3, -0.25) is 14.2 Å². The Hall–Kier alpha value is -1.83. The number of hydrogen-bond donors (Lipinski definition) is 1. The van der Waals surface area contributed by atoms with Crippen LogP contribution in [0.25, 0.3) is 0 Å². The van der Waals surface area contributed by atoms with Crippen LogP contribution in [0.3, 0.4) is 0 Å². The summed E-state index contributed by atoms with van der Waals surface area (Å²) in [6.45, 7) is 2.00. The molecule has 1 aromatic rings. The van der Waals surface area contributed by atoms with Gasteiger partial charge in [0.2, 0.25) is 0 Å². The number of hydrogen-bond acceptors (Lipinski definition) is 5. The van der Waals surface area contributed by atoms with Crippen LogP contribution in [0.4, 0.5) is 0 Å². The molecule has 112 valence electrons. The molecule has 1 amide bonds. The highest BCUT2D eigenvalue weighted by Gasteiger charge is 2.40. The molecule has 1 N–H and O–H groups in total. The maximum Gasteiger partial charge on any atom is 0.326 e. The smallest absolute Gasteiger partial charge is 0.326 e. The summed E-state index contributed by atoms with van der Waals surface area (Å²) in [6.07, 6.45) is 2.83. The van der Waals surface area contributed by atoms with Gasteiger partial charge in [0.05, 0.1) is 0 Å². The Kier molecular flexibility index (Phi) is 3.48. The average Bonchev–Trinajstić information content (AvgIpc) is 3.15. The Morgan fingerprint density at radius 3 is 2.86 bits per heavy atom. The molecule has 1 aliphatic heterocycles. The van der Waals surface area contributed by atoms with Crippen molar-refractivity contribution < 1.29 is 14.7 Å². The van der Waals surface area contributed by atoms with Crippen molar-refractivity contribution in [3.8, 4) is 0 Å². The first-order valence-electron chi connectivity index (χ1n) is 6.79. The van der Waals surface area contributed by atoms with Gasteiger partial charge in [-0.05, 0) is 19.8 Å². The van der Waals surface area contributed by atoms with E-state index in [0.717, 1.165) is 18.6 Å². The molecule has 2 aliphatic rings. The van der Waals surface area contributed by atoms with Crippen LogP contribution in [0, 0.1) is 0 Å². The second-order valence-corrected chi connectivity index (χ2v) is 6.28. The molecule has 1 aromatic heterocycles. The number of thioether (sulfide) groups is 1. The van der Waals surface area contributed by atoms with E-state index in [2.05, 4.69) is 4.98 Å². The lowest BCUT2D eigenvalue weighted by Gasteiger charge is -2.26. The van der Waals surface area contributed by atoms with Gasteiger partial charge in [0.15, 0.2) is 5.16 Å². The zero-order valence-corrected chi connectivity index (χ0v) is 12.3. The molecule has 0 aromatic carbocycles. The fourth-order valence-corrected chi connectivity index (χ4v) is 3.35. The van der Waals surface area contributed by atoms with E-state index in [1.165, 1.54) is 34.3 Å². The third-order valence-corrected chi connectivity index (χ3v) is 4.71. The number of carboxylic acid groups (broad SMARTS) is 1. The first-order valence-corrected chi connectivity index (χ1v) is 7.77. The number of carbonyl (C=O) groups excluding carboxylic acids is 1. The van der Waals surface area contributed by atoms with Crippen molar-refractivity contribution >= 4 is 23.6 Å². The normalized spacial score (nSPS) is 18.1. The topological polar surface area (TPSA) is 92.5 Å². The summed E-state index contributed by atoms with van der Waals surface area (Å²) in [5.41, 5.74) is -0.417. The van der Waals surface area contributed by atoms with Crippen LogP contribution in [-0.2, 0) is 11.3 Å². The van der Waals surface area contributed by atoms with Crippen molar-refractivity contribution in [3.63, 3.8) is 0 Å². The molecule has 0 saturated heterocycles. The standard InChI is InChI=1S/C13H15N3O4S/c1-7(12(19)20)16(8-2-3-8)11(18)9-6-14-13-15(10(9)17)4-5-21-13/h6-8H,2-5H2,1H3,(H,19,20). The van der Waals surface area contributed by atoms with Crippen molar-refractivity contribution in [3.05, 3.63) is 22.1 Å². The molecule has 7 nitrogen and oxygen atoms in total. The van der Waals surface area contributed by atoms with Gasteiger partial charge in [0, 0.05) is 24.5 Å². The zero-order valence-electron chi connectivity index (χ0n) is 11.5.